The van der Waals surface area contributed by atoms with Crippen molar-refractivity contribution in [1.29, 1.82) is 0 Å². The van der Waals surface area contributed by atoms with E-state index in [1.807, 2.05) is 30.3 Å². The maximum absolute atomic E-state index is 12.5. The van der Waals surface area contributed by atoms with Crippen LogP contribution in [0.15, 0.2) is 79.0 Å². The number of benzene rings is 3. The number of aromatic nitrogens is 2. The van der Waals surface area contributed by atoms with Crippen LogP contribution in [0.3, 0.4) is 0 Å². The molecule has 2 N–H and O–H groups in total. The second-order valence-electron chi connectivity index (χ2n) is 6.94. The maximum atomic E-state index is 12.5. The van der Waals surface area contributed by atoms with Gasteiger partial charge in [0.05, 0.1) is 5.69 Å². The molecule has 0 atom stereocenters. The van der Waals surface area contributed by atoms with Crippen LogP contribution in [-0.2, 0) is 6.54 Å². The highest BCUT2D eigenvalue weighted by molar-refractivity contribution is 6.34. The van der Waals surface area contributed by atoms with Gasteiger partial charge in [-0.15, -0.1) is 0 Å². The van der Waals surface area contributed by atoms with Crippen LogP contribution in [-0.4, -0.2) is 15.9 Å². The smallest absolute Gasteiger partial charge is 0.251 e. The SMILES string of the molecule is O=C(NCc1cc(Cl)cc(Cl)c1)c1ccc(Nc2nccc(-c3ccc(Cl)cc3)n2)cc1. The third-order valence-corrected chi connectivity index (χ3v) is 5.26. The second kappa shape index (κ2) is 10.0. The summed E-state index contributed by atoms with van der Waals surface area (Å²) in [6, 6.07) is 21.5. The van der Waals surface area contributed by atoms with Gasteiger partial charge in [0.1, 0.15) is 0 Å². The molecule has 1 heterocycles. The molecule has 0 saturated carbocycles. The van der Waals surface area contributed by atoms with Crippen LogP contribution in [0.25, 0.3) is 11.3 Å². The fourth-order valence-corrected chi connectivity index (χ4v) is 3.73. The van der Waals surface area contributed by atoms with Crippen molar-refractivity contribution in [1.82, 2.24) is 15.3 Å². The van der Waals surface area contributed by atoms with E-state index in [9.17, 15) is 4.79 Å². The van der Waals surface area contributed by atoms with Crippen molar-refractivity contribution in [3.8, 4) is 11.3 Å². The molecule has 0 spiro atoms. The minimum absolute atomic E-state index is 0.200. The van der Waals surface area contributed by atoms with E-state index in [-0.39, 0.29) is 5.91 Å². The van der Waals surface area contributed by atoms with E-state index in [0.717, 1.165) is 22.5 Å². The van der Waals surface area contributed by atoms with E-state index in [4.69, 9.17) is 34.8 Å². The third kappa shape index (κ3) is 5.77. The Labute approximate surface area is 200 Å². The van der Waals surface area contributed by atoms with Gasteiger partial charge in [-0.3, -0.25) is 4.79 Å². The van der Waals surface area contributed by atoms with Crippen LogP contribution < -0.4 is 10.6 Å². The zero-order valence-electron chi connectivity index (χ0n) is 16.6. The number of amides is 1. The molecule has 1 aromatic heterocycles. The molecule has 0 unspecified atom stereocenters. The van der Waals surface area contributed by atoms with Crippen molar-refractivity contribution in [3.05, 3.63) is 105 Å². The lowest BCUT2D eigenvalue weighted by Crippen LogP contribution is -2.22. The monoisotopic (exact) mass is 482 g/mol. The lowest BCUT2D eigenvalue weighted by Gasteiger charge is -2.09. The summed E-state index contributed by atoms with van der Waals surface area (Å²) < 4.78 is 0. The molecule has 0 saturated heterocycles. The number of anilines is 2. The normalized spacial score (nSPS) is 10.6. The van der Waals surface area contributed by atoms with E-state index < -0.39 is 0 Å². The second-order valence-corrected chi connectivity index (χ2v) is 8.24. The summed E-state index contributed by atoms with van der Waals surface area (Å²) in [7, 11) is 0. The molecule has 0 bridgehead atoms. The Morgan fingerprint density at radius 2 is 1.50 bits per heavy atom. The fraction of sp³-hybridized carbons (Fsp3) is 0.0417. The number of halogens is 3. The molecule has 4 aromatic rings. The predicted molar refractivity (Wildman–Crippen MR) is 130 cm³/mol. The zero-order valence-corrected chi connectivity index (χ0v) is 18.9. The molecule has 0 fully saturated rings. The standard InChI is InChI=1S/C24H17Cl3N4O/c25-18-5-1-16(2-6-18)22-9-10-28-24(31-22)30-21-7-3-17(4-8-21)23(32)29-14-15-11-19(26)13-20(27)12-15/h1-13H,14H2,(H,29,32)(H,28,30,31). The summed E-state index contributed by atoms with van der Waals surface area (Å²) in [6.45, 7) is 0.324. The molecule has 5 nitrogen and oxygen atoms in total. The molecule has 0 aliphatic rings. The average Bonchev–Trinajstić information content (AvgIpc) is 2.78. The van der Waals surface area contributed by atoms with Crippen LogP contribution in [0.1, 0.15) is 15.9 Å². The van der Waals surface area contributed by atoms with Gasteiger partial charge in [0.2, 0.25) is 5.95 Å². The molecule has 0 radical (unpaired) electrons. The van der Waals surface area contributed by atoms with Gasteiger partial charge in [0.15, 0.2) is 0 Å². The van der Waals surface area contributed by atoms with E-state index in [0.29, 0.717) is 33.1 Å². The van der Waals surface area contributed by atoms with E-state index >= 15 is 0 Å². The van der Waals surface area contributed by atoms with Crippen molar-refractivity contribution in [3.63, 3.8) is 0 Å². The molecule has 0 aliphatic carbocycles. The Morgan fingerprint density at radius 3 is 2.19 bits per heavy atom. The van der Waals surface area contributed by atoms with E-state index in [2.05, 4.69) is 20.6 Å². The molecule has 1 amide bonds. The first-order valence-electron chi connectivity index (χ1n) is 9.65. The van der Waals surface area contributed by atoms with Gasteiger partial charge in [0.25, 0.3) is 5.91 Å². The van der Waals surface area contributed by atoms with Crippen LogP contribution in [0, 0.1) is 0 Å². The van der Waals surface area contributed by atoms with Crippen molar-refractivity contribution < 1.29 is 4.79 Å². The highest BCUT2D eigenvalue weighted by atomic mass is 35.5. The van der Waals surface area contributed by atoms with Crippen LogP contribution in [0.5, 0.6) is 0 Å². The molecular weight excluding hydrogens is 467 g/mol. The molecule has 8 heteroatoms. The Hall–Kier alpha value is -3.12. The van der Waals surface area contributed by atoms with Gasteiger partial charge in [-0.1, -0.05) is 46.9 Å². The van der Waals surface area contributed by atoms with Crippen molar-refractivity contribution >= 4 is 52.3 Å². The lowest BCUT2D eigenvalue weighted by molar-refractivity contribution is 0.0951. The number of nitrogens with one attached hydrogen (secondary N) is 2. The summed E-state index contributed by atoms with van der Waals surface area (Å²) in [5.74, 6) is 0.251. The molecular formula is C24H17Cl3N4O. The van der Waals surface area contributed by atoms with Crippen molar-refractivity contribution in [2.75, 3.05) is 5.32 Å². The summed E-state index contributed by atoms with van der Waals surface area (Å²) in [6.07, 6.45) is 1.68. The fourth-order valence-electron chi connectivity index (χ4n) is 3.03. The topological polar surface area (TPSA) is 66.9 Å². The van der Waals surface area contributed by atoms with Crippen LogP contribution >= 0.6 is 34.8 Å². The number of carbonyl (C=O) groups is 1. The van der Waals surface area contributed by atoms with Gasteiger partial charge in [-0.25, -0.2) is 9.97 Å². The molecule has 4 rings (SSSR count). The highest BCUT2D eigenvalue weighted by Gasteiger charge is 2.08. The van der Waals surface area contributed by atoms with Crippen LogP contribution in [0.2, 0.25) is 15.1 Å². The van der Waals surface area contributed by atoms with Gasteiger partial charge in [-0.05, 0) is 66.2 Å². The predicted octanol–water partition coefficient (Wildman–Crippen LogP) is 6.78. The third-order valence-electron chi connectivity index (χ3n) is 4.57. The zero-order chi connectivity index (χ0) is 22.5. The highest BCUT2D eigenvalue weighted by Crippen LogP contribution is 2.22. The van der Waals surface area contributed by atoms with Crippen molar-refractivity contribution in [2.45, 2.75) is 6.54 Å². The Kier molecular flexibility index (Phi) is 6.90. The first kappa shape index (κ1) is 22.1. The summed E-state index contributed by atoms with van der Waals surface area (Å²) in [5, 5.41) is 7.73. The Balaban J connectivity index is 1.40. The molecule has 3 aromatic carbocycles. The number of hydrogen-bond acceptors (Lipinski definition) is 4. The Bertz CT molecular complexity index is 1220. The maximum Gasteiger partial charge on any atom is 0.251 e. The number of carbonyl (C=O) groups excluding carboxylic acids is 1. The largest absolute Gasteiger partial charge is 0.348 e. The number of hydrogen-bond donors (Lipinski definition) is 2. The first-order chi connectivity index (χ1) is 15.5. The summed E-state index contributed by atoms with van der Waals surface area (Å²) in [4.78, 5) is 21.3. The van der Waals surface area contributed by atoms with Gasteiger partial charge in [-0.2, -0.15) is 0 Å². The minimum Gasteiger partial charge on any atom is -0.348 e. The summed E-state index contributed by atoms with van der Waals surface area (Å²) in [5.41, 5.74) is 3.83. The number of rotatable bonds is 6. The van der Waals surface area contributed by atoms with Crippen LogP contribution in [0.4, 0.5) is 11.6 Å². The number of nitrogens with zero attached hydrogens (tertiary/aromatic N) is 2. The van der Waals surface area contributed by atoms with E-state index in [1.165, 1.54) is 0 Å². The molecule has 32 heavy (non-hydrogen) atoms. The Morgan fingerprint density at radius 1 is 0.812 bits per heavy atom. The van der Waals surface area contributed by atoms with Gasteiger partial charge in [0, 0.05) is 44.6 Å². The molecule has 0 aliphatic heterocycles. The van der Waals surface area contributed by atoms with Gasteiger partial charge < -0.3 is 10.6 Å². The lowest BCUT2D eigenvalue weighted by atomic mass is 10.1. The quantitative estimate of drug-likeness (QED) is 0.317. The first-order valence-corrected chi connectivity index (χ1v) is 10.8. The van der Waals surface area contributed by atoms with E-state index in [1.54, 1.807) is 48.7 Å². The summed E-state index contributed by atoms with van der Waals surface area (Å²) >= 11 is 17.9. The average molecular weight is 484 g/mol. The van der Waals surface area contributed by atoms with Crippen molar-refractivity contribution in [2.24, 2.45) is 0 Å². The minimum atomic E-state index is -0.200. The molecule has 160 valence electrons. The van der Waals surface area contributed by atoms with Gasteiger partial charge >= 0.3 is 0 Å².